The minimum Gasteiger partial charge on any atom is -0.489 e. The van der Waals surface area contributed by atoms with Crippen LogP contribution in [0.2, 0.25) is 5.02 Å². The van der Waals surface area contributed by atoms with Crippen molar-refractivity contribution in [2.75, 3.05) is 13.2 Å². The van der Waals surface area contributed by atoms with Crippen molar-refractivity contribution in [2.24, 2.45) is 0 Å². The van der Waals surface area contributed by atoms with E-state index in [4.69, 9.17) is 16.3 Å². The summed E-state index contributed by atoms with van der Waals surface area (Å²) in [6.45, 7) is 2.36. The molecular formula is C17H17ClFNO2S. The van der Waals surface area contributed by atoms with E-state index in [0.717, 1.165) is 4.90 Å². The first-order valence-electron chi connectivity index (χ1n) is 7.13. The van der Waals surface area contributed by atoms with Gasteiger partial charge in [-0.3, -0.25) is 4.79 Å². The largest absolute Gasteiger partial charge is 0.489 e. The molecule has 6 heteroatoms. The Balaban J connectivity index is 1.72. The third-order valence-electron chi connectivity index (χ3n) is 2.99. The second kappa shape index (κ2) is 8.79. The van der Waals surface area contributed by atoms with Crippen molar-refractivity contribution in [3.05, 3.63) is 59.4 Å². The highest BCUT2D eigenvalue weighted by molar-refractivity contribution is 8.00. The number of rotatable bonds is 7. The third kappa shape index (κ3) is 5.77. The van der Waals surface area contributed by atoms with Crippen molar-refractivity contribution in [3.8, 4) is 5.75 Å². The number of carbonyl (C=O) groups excluding carboxylic acids is 1. The Bertz CT molecular complexity index is 651. The first kappa shape index (κ1) is 17.6. The summed E-state index contributed by atoms with van der Waals surface area (Å²) >= 11 is 7.27. The topological polar surface area (TPSA) is 38.3 Å². The van der Waals surface area contributed by atoms with Crippen LogP contribution in [-0.2, 0) is 4.79 Å². The smallest absolute Gasteiger partial charge is 0.233 e. The predicted molar refractivity (Wildman–Crippen MR) is 91.7 cm³/mol. The maximum absolute atomic E-state index is 13.3. The summed E-state index contributed by atoms with van der Waals surface area (Å²) in [5.41, 5.74) is 0. The van der Waals surface area contributed by atoms with Crippen molar-refractivity contribution in [2.45, 2.75) is 17.1 Å². The van der Waals surface area contributed by atoms with Gasteiger partial charge in [-0.15, -0.1) is 11.8 Å². The number of nitrogens with one attached hydrogen (secondary N) is 1. The van der Waals surface area contributed by atoms with Gasteiger partial charge < -0.3 is 10.1 Å². The van der Waals surface area contributed by atoms with Gasteiger partial charge in [0.2, 0.25) is 5.91 Å². The molecule has 122 valence electrons. The molecule has 0 saturated carbocycles. The SMILES string of the molecule is C[C@H](Sc1ccc(Cl)cc1)C(=O)NCCOc1ccccc1F. The van der Waals surface area contributed by atoms with Gasteiger partial charge in [0.25, 0.3) is 0 Å². The molecule has 0 bridgehead atoms. The highest BCUT2D eigenvalue weighted by Crippen LogP contribution is 2.24. The molecule has 0 saturated heterocycles. The molecule has 23 heavy (non-hydrogen) atoms. The van der Waals surface area contributed by atoms with Gasteiger partial charge in [-0.05, 0) is 43.3 Å². The number of para-hydroxylation sites is 1. The van der Waals surface area contributed by atoms with E-state index >= 15 is 0 Å². The van der Waals surface area contributed by atoms with Crippen LogP contribution in [0.25, 0.3) is 0 Å². The summed E-state index contributed by atoms with van der Waals surface area (Å²) in [6.07, 6.45) is 0. The standard InChI is InChI=1S/C17H17ClFNO2S/c1-12(23-14-8-6-13(18)7-9-14)17(21)20-10-11-22-16-5-3-2-4-15(16)19/h2-9,12H,10-11H2,1H3,(H,20,21)/t12-/m0/s1. The number of benzene rings is 2. The highest BCUT2D eigenvalue weighted by Gasteiger charge is 2.13. The first-order valence-corrected chi connectivity index (χ1v) is 8.39. The first-order chi connectivity index (χ1) is 11.1. The highest BCUT2D eigenvalue weighted by atomic mass is 35.5. The second-order valence-corrected chi connectivity index (χ2v) is 6.63. The quantitative estimate of drug-likeness (QED) is 0.600. The Morgan fingerprint density at radius 3 is 2.65 bits per heavy atom. The number of halogens is 2. The van der Waals surface area contributed by atoms with Crippen LogP contribution in [-0.4, -0.2) is 24.3 Å². The van der Waals surface area contributed by atoms with E-state index in [1.807, 2.05) is 19.1 Å². The fourth-order valence-corrected chi connectivity index (χ4v) is 2.83. The van der Waals surface area contributed by atoms with Crippen molar-refractivity contribution < 1.29 is 13.9 Å². The van der Waals surface area contributed by atoms with Gasteiger partial charge in [0.05, 0.1) is 11.8 Å². The summed E-state index contributed by atoms with van der Waals surface area (Å²) in [4.78, 5) is 13.0. The number of amides is 1. The maximum atomic E-state index is 13.3. The number of ether oxygens (including phenoxy) is 1. The lowest BCUT2D eigenvalue weighted by Crippen LogP contribution is -2.34. The van der Waals surface area contributed by atoms with E-state index in [1.165, 1.54) is 17.8 Å². The van der Waals surface area contributed by atoms with Gasteiger partial charge in [0, 0.05) is 9.92 Å². The van der Waals surface area contributed by atoms with Gasteiger partial charge in [-0.25, -0.2) is 4.39 Å². The van der Waals surface area contributed by atoms with Gasteiger partial charge in [0.1, 0.15) is 6.61 Å². The van der Waals surface area contributed by atoms with Crippen LogP contribution in [0.4, 0.5) is 4.39 Å². The van der Waals surface area contributed by atoms with E-state index in [9.17, 15) is 9.18 Å². The molecule has 0 heterocycles. The minimum atomic E-state index is -0.412. The third-order valence-corrected chi connectivity index (χ3v) is 4.36. The predicted octanol–water partition coefficient (Wildman–Crippen LogP) is 4.15. The fraction of sp³-hybridized carbons (Fsp3) is 0.235. The average Bonchev–Trinajstić information content (AvgIpc) is 2.55. The molecule has 0 unspecified atom stereocenters. The molecule has 3 nitrogen and oxygen atoms in total. The summed E-state index contributed by atoms with van der Waals surface area (Å²) in [7, 11) is 0. The second-order valence-electron chi connectivity index (χ2n) is 4.78. The number of hydrogen-bond donors (Lipinski definition) is 1. The van der Waals surface area contributed by atoms with Crippen LogP contribution in [0.5, 0.6) is 5.75 Å². The molecule has 0 spiro atoms. The molecule has 0 fully saturated rings. The Morgan fingerprint density at radius 1 is 1.26 bits per heavy atom. The van der Waals surface area contributed by atoms with E-state index in [1.54, 1.807) is 30.3 Å². The van der Waals surface area contributed by atoms with Gasteiger partial charge in [-0.1, -0.05) is 23.7 Å². The molecule has 2 aromatic rings. The molecule has 0 aliphatic carbocycles. The van der Waals surface area contributed by atoms with Crippen molar-refractivity contribution >= 4 is 29.3 Å². The maximum Gasteiger partial charge on any atom is 0.233 e. The lowest BCUT2D eigenvalue weighted by molar-refractivity contribution is -0.120. The number of thioether (sulfide) groups is 1. The molecule has 2 aromatic carbocycles. The summed E-state index contributed by atoms with van der Waals surface area (Å²) in [5, 5.41) is 3.19. The number of carbonyl (C=O) groups is 1. The van der Waals surface area contributed by atoms with E-state index in [0.29, 0.717) is 11.6 Å². The number of hydrogen-bond acceptors (Lipinski definition) is 3. The summed E-state index contributed by atoms with van der Waals surface area (Å²) in [6, 6.07) is 13.5. The molecular weight excluding hydrogens is 337 g/mol. The molecule has 2 rings (SSSR count). The van der Waals surface area contributed by atoms with Crippen LogP contribution >= 0.6 is 23.4 Å². The van der Waals surface area contributed by atoms with Crippen molar-refractivity contribution in [3.63, 3.8) is 0 Å². The van der Waals surface area contributed by atoms with E-state index in [2.05, 4.69) is 5.32 Å². The Kier molecular flexibility index (Phi) is 6.74. The molecule has 1 atom stereocenters. The molecule has 0 aliphatic heterocycles. The monoisotopic (exact) mass is 353 g/mol. The summed E-state index contributed by atoms with van der Waals surface area (Å²) in [5.74, 6) is -0.321. The average molecular weight is 354 g/mol. The van der Waals surface area contributed by atoms with Crippen molar-refractivity contribution in [1.29, 1.82) is 0 Å². The molecule has 0 aromatic heterocycles. The molecule has 1 amide bonds. The van der Waals surface area contributed by atoms with Crippen LogP contribution in [0.3, 0.4) is 0 Å². The molecule has 0 radical (unpaired) electrons. The zero-order valence-electron chi connectivity index (χ0n) is 12.6. The van der Waals surface area contributed by atoms with Crippen LogP contribution < -0.4 is 10.1 Å². The fourth-order valence-electron chi connectivity index (χ4n) is 1.81. The van der Waals surface area contributed by atoms with Crippen LogP contribution in [0.1, 0.15) is 6.92 Å². The van der Waals surface area contributed by atoms with Crippen LogP contribution in [0.15, 0.2) is 53.4 Å². The van der Waals surface area contributed by atoms with Gasteiger partial charge >= 0.3 is 0 Å². The zero-order valence-corrected chi connectivity index (χ0v) is 14.2. The zero-order chi connectivity index (χ0) is 16.7. The summed E-state index contributed by atoms with van der Waals surface area (Å²) < 4.78 is 18.6. The lowest BCUT2D eigenvalue weighted by Gasteiger charge is -2.12. The van der Waals surface area contributed by atoms with Crippen molar-refractivity contribution in [1.82, 2.24) is 5.32 Å². The Hall–Kier alpha value is -1.72. The van der Waals surface area contributed by atoms with Crippen LogP contribution in [0, 0.1) is 5.82 Å². The Morgan fingerprint density at radius 2 is 1.96 bits per heavy atom. The van der Waals surface area contributed by atoms with E-state index < -0.39 is 5.82 Å². The van der Waals surface area contributed by atoms with Gasteiger partial charge in [-0.2, -0.15) is 0 Å². The lowest BCUT2D eigenvalue weighted by atomic mass is 10.3. The van der Waals surface area contributed by atoms with E-state index in [-0.39, 0.29) is 23.5 Å². The minimum absolute atomic E-state index is 0.0953. The molecule has 0 aliphatic rings. The Labute approximate surface area is 144 Å². The normalized spacial score (nSPS) is 11.8. The van der Waals surface area contributed by atoms with Gasteiger partial charge in [0.15, 0.2) is 11.6 Å². The molecule has 1 N–H and O–H groups in total.